The Balaban J connectivity index is 1.30. The van der Waals surface area contributed by atoms with E-state index in [2.05, 4.69) is 6.92 Å². The van der Waals surface area contributed by atoms with Crippen LogP contribution >= 0.6 is 0 Å². The molecule has 1 aromatic carbocycles. The number of benzene rings is 1. The van der Waals surface area contributed by atoms with Gasteiger partial charge in [-0.1, -0.05) is 13.0 Å². The summed E-state index contributed by atoms with van der Waals surface area (Å²) in [7, 11) is 0. The van der Waals surface area contributed by atoms with E-state index in [1.807, 2.05) is 17.0 Å². The van der Waals surface area contributed by atoms with Crippen LogP contribution in [0.5, 0.6) is 0 Å². The second-order valence-electron chi connectivity index (χ2n) is 10.8. The van der Waals surface area contributed by atoms with Crippen LogP contribution in [0.3, 0.4) is 0 Å². The number of Topliss-reactive ketones (excluding diaryl/α,β-unsaturated/α-hetero) is 1. The average Bonchev–Trinajstić information content (AvgIpc) is 3.08. The molecule has 0 spiro atoms. The van der Waals surface area contributed by atoms with Crippen LogP contribution in [0.4, 0.5) is 0 Å². The molecule has 0 radical (unpaired) electrons. The minimum absolute atomic E-state index is 0.215. The number of morpholine rings is 1. The maximum absolute atomic E-state index is 13.2. The zero-order valence-electron chi connectivity index (χ0n) is 19.6. The van der Waals surface area contributed by atoms with Crippen molar-refractivity contribution in [1.82, 2.24) is 4.90 Å². The van der Waals surface area contributed by atoms with Crippen molar-refractivity contribution in [3.8, 4) is 0 Å². The Morgan fingerprint density at radius 3 is 2.76 bits per heavy atom. The molecule has 1 saturated heterocycles. The minimum atomic E-state index is -0.871. The van der Waals surface area contributed by atoms with Crippen LogP contribution in [0, 0.1) is 23.2 Å². The van der Waals surface area contributed by atoms with Gasteiger partial charge in [0.2, 0.25) is 5.91 Å². The molecule has 5 rings (SSSR count). The Labute approximate surface area is 195 Å². The Morgan fingerprint density at radius 1 is 1.21 bits per heavy atom. The van der Waals surface area contributed by atoms with Gasteiger partial charge in [0.15, 0.2) is 0 Å². The number of carboxylic acid groups (broad SMARTS) is 1. The fraction of sp³-hybridized carbons (Fsp3) is 0.667. The zero-order chi connectivity index (χ0) is 23.2. The van der Waals surface area contributed by atoms with Gasteiger partial charge in [-0.15, -0.1) is 0 Å². The summed E-state index contributed by atoms with van der Waals surface area (Å²) in [5, 5.41) is 9.37. The van der Waals surface area contributed by atoms with E-state index in [0.717, 1.165) is 38.5 Å². The van der Waals surface area contributed by atoms with Crippen LogP contribution in [-0.4, -0.2) is 54.0 Å². The van der Waals surface area contributed by atoms with Gasteiger partial charge < -0.3 is 14.7 Å². The van der Waals surface area contributed by atoms with Gasteiger partial charge in [-0.2, -0.15) is 0 Å². The van der Waals surface area contributed by atoms with Gasteiger partial charge in [0.05, 0.1) is 18.8 Å². The second-order valence-corrected chi connectivity index (χ2v) is 10.8. The molecule has 2 saturated carbocycles. The summed E-state index contributed by atoms with van der Waals surface area (Å²) in [5.74, 6) is 1.37. The third-order valence-corrected chi connectivity index (χ3v) is 9.15. The molecule has 5 atom stereocenters. The first-order valence-electron chi connectivity index (χ1n) is 12.6. The third-order valence-electron chi connectivity index (χ3n) is 9.15. The van der Waals surface area contributed by atoms with Crippen molar-refractivity contribution in [3.63, 3.8) is 0 Å². The van der Waals surface area contributed by atoms with Crippen LogP contribution in [0.25, 0.3) is 0 Å². The van der Waals surface area contributed by atoms with Gasteiger partial charge in [0, 0.05) is 31.3 Å². The molecular weight excluding hydrogens is 418 g/mol. The highest BCUT2D eigenvalue weighted by Crippen LogP contribution is 2.62. The molecule has 1 aromatic rings. The van der Waals surface area contributed by atoms with E-state index in [0.29, 0.717) is 74.2 Å². The van der Waals surface area contributed by atoms with Gasteiger partial charge >= 0.3 is 5.97 Å². The first-order chi connectivity index (χ1) is 15.9. The summed E-state index contributed by atoms with van der Waals surface area (Å²) >= 11 is 0. The van der Waals surface area contributed by atoms with E-state index in [1.54, 1.807) is 6.07 Å². The molecule has 3 aliphatic carbocycles. The highest BCUT2D eigenvalue weighted by Gasteiger charge is 2.58. The van der Waals surface area contributed by atoms with Gasteiger partial charge in [0.25, 0.3) is 0 Å². The summed E-state index contributed by atoms with van der Waals surface area (Å²) in [6.07, 6.45) is 6.83. The molecule has 1 unspecified atom stereocenters. The number of hydrogen-bond acceptors (Lipinski definition) is 4. The van der Waals surface area contributed by atoms with E-state index in [-0.39, 0.29) is 11.3 Å². The summed E-state index contributed by atoms with van der Waals surface area (Å²) in [5.41, 5.74) is 2.61. The topological polar surface area (TPSA) is 83.9 Å². The first kappa shape index (κ1) is 22.6. The summed E-state index contributed by atoms with van der Waals surface area (Å²) in [6.45, 7) is 4.82. The van der Waals surface area contributed by atoms with Crippen LogP contribution < -0.4 is 0 Å². The molecule has 1 aliphatic heterocycles. The molecule has 33 heavy (non-hydrogen) atoms. The van der Waals surface area contributed by atoms with Crippen molar-refractivity contribution in [1.29, 1.82) is 0 Å². The predicted octanol–water partition coefficient (Wildman–Crippen LogP) is 4.07. The lowest BCUT2D eigenvalue weighted by atomic mass is 9.54. The van der Waals surface area contributed by atoms with Gasteiger partial charge in [0.1, 0.15) is 5.78 Å². The SMILES string of the molecule is CC12CC[C@@H]3c4ccc(C(=O)O)cc4CC[C@H]3[C@@H]1[C@@H](CCCC(=O)N1CCOCC1)CC2=O. The van der Waals surface area contributed by atoms with Crippen molar-refractivity contribution in [2.24, 2.45) is 23.2 Å². The van der Waals surface area contributed by atoms with Crippen LogP contribution in [-0.2, 0) is 20.7 Å². The van der Waals surface area contributed by atoms with Crippen molar-refractivity contribution in [2.75, 3.05) is 26.3 Å². The van der Waals surface area contributed by atoms with Crippen molar-refractivity contribution >= 4 is 17.7 Å². The smallest absolute Gasteiger partial charge is 0.335 e. The lowest BCUT2D eigenvalue weighted by Crippen LogP contribution is -2.44. The molecule has 1 heterocycles. The quantitative estimate of drug-likeness (QED) is 0.727. The number of aromatic carboxylic acids is 1. The average molecular weight is 454 g/mol. The van der Waals surface area contributed by atoms with E-state index < -0.39 is 5.97 Å². The minimum Gasteiger partial charge on any atom is -0.478 e. The maximum atomic E-state index is 13.2. The third kappa shape index (κ3) is 4.01. The van der Waals surface area contributed by atoms with Crippen molar-refractivity contribution in [2.45, 2.75) is 64.2 Å². The molecule has 6 nitrogen and oxygen atoms in total. The van der Waals surface area contributed by atoms with Crippen molar-refractivity contribution < 1.29 is 24.2 Å². The van der Waals surface area contributed by atoms with Crippen molar-refractivity contribution in [3.05, 3.63) is 34.9 Å². The number of rotatable bonds is 5. The lowest BCUT2D eigenvalue weighted by molar-refractivity contribution is -0.135. The summed E-state index contributed by atoms with van der Waals surface area (Å²) in [6, 6.07) is 5.63. The normalized spacial score (nSPS) is 33.2. The van der Waals surface area contributed by atoms with Crippen LogP contribution in [0.1, 0.15) is 79.3 Å². The number of carbonyl (C=O) groups is 3. The molecular formula is C27H35NO5. The fourth-order valence-electron chi connectivity index (χ4n) is 7.53. The maximum Gasteiger partial charge on any atom is 0.335 e. The Hall–Kier alpha value is -2.21. The van der Waals surface area contributed by atoms with Gasteiger partial charge in [-0.25, -0.2) is 4.79 Å². The number of fused-ring (bicyclic) bond motifs is 5. The predicted molar refractivity (Wildman–Crippen MR) is 123 cm³/mol. The molecule has 4 aliphatic rings. The van der Waals surface area contributed by atoms with Crippen LogP contribution in [0.15, 0.2) is 18.2 Å². The lowest BCUT2D eigenvalue weighted by Gasteiger charge is -2.50. The number of amides is 1. The molecule has 0 aromatic heterocycles. The molecule has 3 fully saturated rings. The van der Waals surface area contributed by atoms with E-state index >= 15 is 0 Å². The summed E-state index contributed by atoms with van der Waals surface area (Å²) in [4.78, 5) is 39.1. The number of nitrogens with zero attached hydrogens (tertiary/aromatic N) is 1. The summed E-state index contributed by atoms with van der Waals surface area (Å²) < 4.78 is 5.35. The zero-order valence-corrected chi connectivity index (χ0v) is 19.6. The number of carboxylic acids is 1. The molecule has 1 amide bonds. The number of aryl methyl sites for hydroxylation is 1. The Kier molecular flexibility index (Phi) is 6.06. The number of ketones is 1. The molecule has 0 bridgehead atoms. The monoisotopic (exact) mass is 453 g/mol. The molecule has 1 N–H and O–H groups in total. The van der Waals surface area contributed by atoms with Gasteiger partial charge in [-0.05, 0) is 85.5 Å². The molecule has 178 valence electrons. The Morgan fingerprint density at radius 2 is 2.00 bits per heavy atom. The molecule has 6 heteroatoms. The second kappa shape index (κ2) is 8.86. The van der Waals surface area contributed by atoms with Crippen LogP contribution in [0.2, 0.25) is 0 Å². The van der Waals surface area contributed by atoms with E-state index in [4.69, 9.17) is 4.74 Å². The highest BCUT2D eigenvalue weighted by molar-refractivity contribution is 5.88. The number of carbonyl (C=O) groups excluding carboxylic acids is 2. The van der Waals surface area contributed by atoms with E-state index in [1.165, 1.54) is 11.1 Å². The number of hydrogen-bond donors (Lipinski definition) is 1. The van der Waals surface area contributed by atoms with Gasteiger partial charge in [-0.3, -0.25) is 9.59 Å². The first-order valence-corrected chi connectivity index (χ1v) is 12.6. The largest absolute Gasteiger partial charge is 0.478 e. The standard InChI is InChI=1S/C27H35NO5/c1-27-10-9-21-20-7-6-19(26(31)32)15-17(20)5-8-22(21)25(27)18(16-23(27)29)3-2-4-24(30)28-11-13-33-14-12-28/h6-7,15,18,21-22,25H,2-5,8-14,16H2,1H3,(H,31,32)/t18-,21+,22+,25-,27?/m0/s1. The number of ether oxygens (including phenoxy) is 1. The van der Waals surface area contributed by atoms with E-state index in [9.17, 15) is 19.5 Å². The Bertz CT molecular complexity index is 952. The highest BCUT2D eigenvalue weighted by atomic mass is 16.5. The fourth-order valence-corrected chi connectivity index (χ4v) is 7.53.